The van der Waals surface area contributed by atoms with Gasteiger partial charge in [-0.1, -0.05) is 11.3 Å². The van der Waals surface area contributed by atoms with Gasteiger partial charge in [-0.05, 0) is 6.92 Å². The number of anilines is 1. The van der Waals surface area contributed by atoms with Crippen molar-refractivity contribution < 1.29 is 4.79 Å². The molecule has 0 fully saturated rings. The number of fused-ring (bicyclic) bond motifs is 1. The van der Waals surface area contributed by atoms with Crippen LogP contribution in [-0.2, 0) is 11.2 Å². The van der Waals surface area contributed by atoms with E-state index in [2.05, 4.69) is 22.5 Å². The van der Waals surface area contributed by atoms with Crippen molar-refractivity contribution in [3.8, 4) is 0 Å². The molecule has 0 saturated carbocycles. The number of amides is 1. The fraction of sp³-hybridized carbons (Fsp3) is 0.556. The molecule has 1 atom stereocenters. The monoisotopic (exact) mass is 211 g/mol. The van der Waals surface area contributed by atoms with Crippen molar-refractivity contribution in [2.24, 2.45) is 0 Å². The van der Waals surface area contributed by atoms with E-state index in [0.29, 0.717) is 6.04 Å². The summed E-state index contributed by atoms with van der Waals surface area (Å²) in [4.78, 5) is 16.5. The molecule has 2 heterocycles. The zero-order valence-corrected chi connectivity index (χ0v) is 9.07. The molecule has 0 aromatic carbocycles. The molecule has 2 N–H and O–H groups in total. The summed E-state index contributed by atoms with van der Waals surface area (Å²) in [5.74, 6) is -0.0586. The predicted octanol–water partition coefficient (Wildman–Crippen LogP) is 1.31. The molecular formula is C9H13N3OS. The second-order valence-corrected chi connectivity index (χ2v) is 4.47. The molecule has 0 unspecified atom stereocenters. The van der Waals surface area contributed by atoms with Crippen molar-refractivity contribution in [3.05, 3.63) is 10.6 Å². The van der Waals surface area contributed by atoms with Crippen LogP contribution >= 0.6 is 11.3 Å². The largest absolute Gasteiger partial charge is 0.309 e. The van der Waals surface area contributed by atoms with Crippen molar-refractivity contribution in [2.45, 2.75) is 26.3 Å². The van der Waals surface area contributed by atoms with E-state index in [0.717, 1.165) is 23.8 Å². The number of hydrogen-bond acceptors (Lipinski definition) is 4. The Balaban J connectivity index is 2.26. The van der Waals surface area contributed by atoms with Gasteiger partial charge >= 0.3 is 0 Å². The van der Waals surface area contributed by atoms with Crippen LogP contribution < -0.4 is 10.6 Å². The van der Waals surface area contributed by atoms with E-state index in [-0.39, 0.29) is 5.91 Å². The Morgan fingerprint density at radius 3 is 3.14 bits per heavy atom. The molecule has 4 nitrogen and oxygen atoms in total. The molecule has 0 spiro atoms. The summed E-state index contributed by atoms with van der Waals surface area (Å²) in [7, 11) is 0. The van der Waals surface area contributed by atoms with E-state index >= 15 is 0 Å². The van der Waals surface area contributed by atoms with Gasteiger partial charge in [-0.25, -0.2) is 4.98 Å². The standard InChI is InChI=1S/C9H13N3OS/c1-5-8-7(3-4-10-5)12-9(14-8)11-6(2)13/h5,10H,3-4H2,1-2H3,(H,11,12,13)/t5-/m1/s1. The average molecular weight is 211 g/mol. The van der Waals surface area contributed by atoms with Crippen LogP contribution in [0.5, 0.6) is 0 Å². The third kappa shape index (κ3) is 1.78. The van der Waals surface area contributed by atoms with Gasteiger partial charge in [0.1, 0.15) is 0 Å². The number of nitrogens with zero attached hydrogens (tertiary/aromatic N) is 1. The van der Waals surface area contributed by atoms with Crippen LogP contribution in [0.2, 0.25) is 0 Å². The molecule has 2 rings (SSSR count). The van der Waals surface area contributed by atoms with Crippen LogP contribution in [0.1, 0.15) is 30.5 Å². The minimum atomic E-state index is -0.0586. The Labute approximate surface area is 86.7 Å². The van der Waals surface area contributed by atoms with Crippen LogP contribution in [0.3, 0.4) is 0 Å². The van der Waals surface area contributed by atoms with Gasteiger partial charge in [0.05, 0.1) is 5.69 Å². The van der Waals surface area contributed by atoms with E-state index in [1.807, 2.05) is 0 Å². The molecule has 1 aliphatic heterocycles. The Morgan fingerprint density at radius 2 is 2.50 bits per heavy atom. The summed E-state index contributed by atoms with van der Waals surface area (Å²) in [5, 5.41) is 6.81. The minimum Gasteiger partial charge on any atom is -0.309 e. The molecule has 1 aromatic rings. The maximum Gasteiger partial charge on any atom is 0.223 e. The maximum atomic E-state index is 10.8. The SMILES string of the molecule is CC(=O)Nc1nc2c(s1)[C@@H](C)NCC2. The van der Waals surface area contributed by atoms with Gasteiger partial charge in [0.25, 0.3) is 0 Å². The third-order valence-corrected chi connectivity index (χ3v) is 3.41. The van der Waals surface area contributed by atoms with Crippen LogP contribution in [0.15, 0.2) is 0 Å². The van der Waals surface area contributed by atoms with Crippen molar-refractivity contribution in [1.82, 2.24) is 10.3 Å². The lowest BCUT2D eigenvalue weighted by Crippen LogP contribution is -2.26. The van der Waals surface area contributed by atoms with Crippen molar-refractivity contribution >= 4 is 22.4 Å². The Bertz CT molecular complexity index is 361. The van der Waals surface area contributed by atoms with Crippen LogP contribution in [0.4, 0.5) is 5.13 Å². The lowest BCUT2D eigenvalue weighted by molar-refractivity contribution is -0.114. The molecule has 76 valence electrons. The van der Waals surface area contributed by atoms with Gasteiger partial charge in [0.2, 0.25) is 5.91 Å². The summed E-state index contributed by atoms with van der Waals surface area (Å²) in [6, 6.07) is 0.360. The fourth-order valence-corrected chi connectivity index (χ4v) is 2.67. The highest BCUT2D eigenvalue weighted by atomic mass is 32.1. The highest BCUT2D eigenvalue weighted by molar-refractivity contribution is 7.16. The van der Waals surface area contributed by atoms with Crippen LogP contribution in [-0.4, -0.2) is 17.4 Å². The van der Waals surface area contributed by atoms with Crippen molar-refractivity contribution in [1.29, 1.82) is 0 Å². The molecule has 0 saturated heterocycles. The molecule has 0 bridgehead atoms. The first-order valence-electron chi connectivity index (χ1n) is 4.67. The van der Waals surface area contributed by atoms with Gasteiger partial charge in [-0.2, -0.15) is 0 Å². The number of thiazole rings is 1. The smallest absolute Gasteiger partial charge is 0.223 e. The predicted molar refractivity (Wildman–Crippen MR) is 56.5 cm³/mol. The Morgan fingerprint density at radius 1 is 1.71 bits per heavy atom. The summed E-state index contributed by atoms with van der Waals surface area (Å²) < 4.78 is 0. The second-order valence-electron chi connectivity index (χ2n) is 3.44. The van der Waals surface area contributed by atoms with Crippen LogP contribution in [0, 0.1) is 0 Å². The van der Waals surface area contributed by atoms with Crippen molar-refractivity contribution in [2.75, 3.05) is 11.9 Å². The molecule has 1 aromatic heterocycles. The molecule has 1 amide bonds. The van der Waals surface area contributed by atoms with Gasteiger partial charge in [-0.3, -0.25) is 4.79 Å². The van der Waals surface area contributed by atoms with Crippen molar-refractivity contribution in [3.63, 3.8) is 0 Å². The molecule has 14 heavy (non-hydrogen) atoms. The number of rotatable bonds is 1. The molecule has 0 aliphatic carbocycles. The van der Waals surface area contributed by atoms with Crippen LogP contribution in [0.25, 0.3) is 0 Å². The van der Waals surface area contributed by atoms with Gasteiger partial charge < -0.3 is 10.6 Å². The highest BCUT2D eigenvalue weighted by Gasteiger charge is 2.20. The molecule has 5 heteroatoms. The summed E-state index contributed by atoms with van der Waals surface area (Å²) in [6.45, 7) is 4.59. The molecule has 1 aliphatic rings. The number of carbonyl (C=O) groups excluding carboxylic acids is 1. The molecule has 0 radical (unpaired) electrons. The quantitative estimate of drug-likeness (QED) is 0.736. The van der Waals surface area contributed by atoms with Gasteiger partial charge in [0.15, 0.2) is 5.13 Å². The van der Waals surface area contributed by atoms with E-state index in [1.54, 1.807) is 11.3 Å². The Kier molecular flexibility index (Phi) is 2.52. The second kappa shape index (κ2) is 3.67. The molecular weight excluding hydrogens is 198 g/mol. The normalized spacial score (nSPS) is 20.3. The summed E-state index contributed by atoms with van der Waals surface area (Å²) in [5.41, 5.74) is 1.13. The third-order valence-electron chi connectivity index (χ3n) is 2.22. The number of carbonyl (C=O) groups is 1. The van der Waals surface area contributed by atoms with E-state index < -0.39 is 0 Å². The zero-order valence-electron chi connectivity index (χ0n) is 8.26. The minimum absolute atomic E-state index is 0.0586. The lowest BCUT2D eigenvalue weighted by atomic mass is 10.1. The Hall–Kier alpha value is -0.940. The first-order chi connectivity index (χ1) is 6.66. The fourth-order valence-electron chi connectivity index (χ4n) is 1.58. The van der Waals surface area contributed by atoms with E-state index in [1.165, 1.54) is 11.8 Å². The number of aromatic nitrogens is 1. The number of hydrogen-bond donors (Lipinski definition) is 2. The topological polar surface area (TPSA) is 54.0 Å². The lowest BCUT2D eigenvalue weighted by Gasteiger charge is -2.18. The first-order valence-corrected chi connectivity index (χ1v) is 5.49. The van der Waals surface area contributed by atoms with Gasteiger partial charge in [0, 0.05) is 30.8 Å². The average Bonchev–Trinajstić information content (AvgIpc) is 2.47. The number of nitrogens with one attached hydrogen (secondary N) is 2. The maximum absolute atomic E-state index is 10.8. The summed E-state index contributed by atoms with van der Waals surface area (Å²) >= 11 is 1.57. The van der Waals surface area contributed by atoms with E-state index in [9.17, 15) is 4.79 Å². The highest BCUT2D eigenvalue weighted by Crippen LogP contribution is 2.31. The summed E-state index contributed by atoms with van der Waals surface area (Å²) in [6.07, 6.45) is 0.954. The first kappa shape index (κ1) is 9.61. The zero-order chi connectivity index (χ0) is 10.1. The van der Waals surface area contributed by atoms with E-state index in [4.69, 9.17) is 0 Å². The van der Waals surface area contributed by atoms with Gasteiger partial charge in [-0.15, -0.1) is 0 Å².